The summed E-state index contributed by atoms with van der Waals surface area (Å²) < 4.78 is 0. The van der Waals surface area contributed by atoms with Gasteiger partial charge in [-0.15, -0.1) is 11.8 Å². The first-order valence-electron chi connectivity index (χ1n) is 5.95. The number of aryl methyl sites for hydroxylation is 2. The van der Waals surface area contributed by atoms with Gasteiger partial charge in [-0.2, -0.15) is 0 Å². The Morgan fingerprint density at radius 1 is 1.28 bits per heavy atom. The van der Waals surface area contributed by atoms with E-state index in [0.717, 1.165) is 11.3 Å². The van der Waals surface area contributed by atoms with Crippen molar-refractivity contribution in [1.29, 1.82) is 0 Å². The lowest BCUT2D eigenvalue weighted by molar-refractivity contribution is -0.123. The zero-order valence-corrected chi connectivity index (χ0v) is 10.9. The molecule has 1 aromatic rings. The Balaban J connectivity index is 1.83. The third-order valence-corrected chi connectivity index (χ3v) is 3.89. The van der Waals surface area contributed by atoms with Crippen LogP contribution in [0.15, 0.2) is 23.1 Å². The van der Waals surface area contributed by atoms with Crippen LogP contribution >= 0.6 is 11.8 Å². The average Bonchev–Trinajstić information content (AvgIpc) is 2.81. The van der Waals surface area contributed by atoms with E-state index in [9.17, 15) is 9.59 Å². The number of nitrogens with two attached hydrogens (primary N) is 1. The Bertz CT molecular complexity index is 474. The van der Waals surface area contributed by atoms with Crippen LogP contribution in [0.25, 0.3) is 0 Å². The lowest BCUT2D eigenvalue weighted by Gasteiger charge is -2.05. The number of rotatable bonds is 5. The van der Waals surface area contributed by atoms with Crippen LogP contribution in [-0.4, -0.2) is 24.1 Å². The maximum absolute atomic E-state index is 11.4. The number of benzene rings is 1. The molecule has 2 rings (SSSR count). The van der Waals surface area contributed by atoms with Gasteiger partial charge in [0, 0.05) is 4.90 Å². The number of nitrogens with one attached hydrogen (secondary N) is 1. The van der Waals surface area contributed by atoms with E-state index in [4.69, 9.17) is 5.73 Å². The molecular weight excluding hydrogens is 248 g/mol. The van der Waals surface area contributed by atoms with E-state index in [0.29, 0.717) is 5.75 Å². The molecule has 1 aliphatic carbocycles. The van der Waals surface area contributed by atoms with E-state index in [2.05, 4.69) is 23.5 Å². The lowest BCUT2D eigenvalue weighted by atomic mass is 10.1. The molecule has 0 atom stereocenters. The third kappa shape index (κ3) is 3.50. The molecule has 1 aromatic carbocycles. The van der Waals surface area contributed by atoms with Gasteiger partial charge in [-0.1, -0.05) is 6.07 Å². The highest BCUT2D eigenvalue weighted by Gasteiger charge is 2.11. The normalized spacial score (nSPS) is 13.1. The van der Waals surface area contributed by atoms with Crippen molar-refractivity contribution >= 4 is 23.6 Å². The molecule has 1 aliphatic rings. The molecule has 0 aliphatic heterocycles. The Morgan fingerprint density at radius 3 is 2.83 bits per heavy atom. The SMILES string of the molecule is NC(=O)CNC(=O)CSc1ccc2c(c1)CCC2. The second kappa shape index (κ2) is 5.91. The van der Waals surface area contributed by atoms with Gasteiger partial charge in [0.05, 0.1) is 12.3 Å². The quantitative estimate of drug-likeness (QED) is 0.775. The van der Waals surface area contributed by atoms with E-state index >= 15 is 0 Å². The van der Waals surface area contributed by atoms with E-state index in [1.165, 1.54) is 35.7 Å². The second-order valence-corrected chi connectivity index (χ2v) is 5.36. The van der Waals surface area contributed by atoms with Crippen molar-refractivity contribution in [1.82, 2.24) is 5.32 Å². The number of thioether (sulfide) groups is 1. The molecule has 3 N–H and O–H groups in total. The van der Waals surface area contributed by atoms with Crippen molar-refractivity contribution in [3.8, 4) is 0 Å². The van der Waals surface area contributed by atoms with Gasteiger partial charge < -0.3 is 11.1 Å². The monoisotopic (exact) mass is 264 g/mol. The fourth-order valence-electron chi connectivity index (χ4n) is 2.02. The Labute approximate surface area is 110 Å². The predicted molar refractivity (Wildman–Crippen MR) is 71.4 cm³/mol. The minimum atomic E-state index is -0.522. The molecule has 18 heavy (non-hydrogen) atoms. The Hall–Kier alpha value is -1.49. The summed E-state index contributed by atoms with van der Waals surface area (Å²) in [6.45, 7) is -0.0937. The summed E-state index contributed by atoms with van der Waals surface area (Å²) in [5.74, 6) is -0.378. The molecule has 0 radical (unpaired) electrons. The molecule has 0 heterocycles. The number of fused-ring (bicyclic) bond motifs is 1. The van der Waals surface area contributed by atoms with Crippen LogP contribution in [0.4, 0.5) is 0 Å². The van der Waals surface area contributed by atoms with Crippen molar-refractivity contribution in [3.63, 3.8) is 0 Å². The summed E-state index contributed by atoms with van der Waals surface area (Å²) >= 11 is 1.48. The topological polar surface area (TPSA) is 72.2 Å². The molecule has 0 aromatic heterocycles. The van der Waals surface area contributed by atoms with Crippen LogP contribution in [0.2, 0.25) is 0 Å². The fraction of sp³-hybridized carbons (Fsp3) is 0.385. The lowest BCUT2D eigenvalue weighted by Crippen LogP contribution is -2.34. The summed E-state index contributed by atoms with van der Waals surface area (Å²) in [5, 5.41) is 2.47. The second-order valence-electron chi connectivity index (χ2n) is 4.32. The first-order chi connectivity index (χ1) is 8.65. The largest absolute Gasteiger partial charge is 0.368 e. The number of carbonyl (C=O) groups is 2. The molecular formula is C13H16N2O2S. The van der Waals surface area contributed by atoms with Crippen LogP contribution in [0.3, 0.4) is 0 Å². The molecule has 0 bridgehead atoms. The van der Waals surface area contributed by atoms with Crippen molar-refractivity contribution in [2.45, 2.75) is 24.2 Å². The zero-order chi connectivity index (χ0) is 13.0. The highest BCUT2D eigenvalue weighted by Crippen LogP contribution is 2.27. The molecule has 4 nitrogen and oxygen atoms in total. The van der Waals surface area contributed by atoms with Crippen LogP contribution < -0.4 is 11.1 Å². The molecule has 5 heteroatoms. The van der Waals surface area contributed by atoms with Gasteiger partial charge in [0.2, 0.25) is 11.8 Å². The first-order valence-corrected chi connectivity index (χ1v) is 6.93. The predicted octanol–water partition coefficient (Wildman–Crippen LogP) is 0.869. The maximum Gasteiger partial charge on any atom is 0.236 e. The van der Waals surface area contributed by atoms with Crippen LogP contribution in [0.1, 0.15) is 17.5 Å². The molecule has 0 fully saturated rings. The highest BCUT2D eigenvalue weighted by molar-refractivity contribution is 8.00. The summed E-state index contributed by atoms with van der Waals surface area (Å²) in [4.78, 5) is 23.0. The summed E-state index contributed by atoms with van der Waals surface area (Å²) in [6, 6.07) is 6.36. The van der Waals surface area contributed by atoms with Crippen LogP contribution in [0.5, 0.6) is 0 Å². The van der Waals surface area contributed by atoms with E-state index in [1.54, 1.807) is 0 Å². The van der Waals surface area contributed by atoms with E-state index in [-0.39, 0.29) is 12.5 Å². The van der Waals surface area contributed by atoms with Crippen molar-refractivity contribution in [3.05, 3.63) is 29.3 Å². The average molecular weight is 264 g/mol. The van der Waals surface area contributed by atoms with Crippen molar-refractivity contribution in [2.24, 2.45) is 5.73 Å². The molecule has 0 unspecified atom stereocenters. The van der Waals surface area contributed by atoms with Gasteiger partial charge >= 0.3 is 0 Å². The summed E-state index contributed by atoms with van der Waals surface area (Å²) in [7, 11) is 0. The van der Waals surface area contributed by atoms with Gasteiger partial charge in [-0.3, -0.25) is 9.59 Å². The smallest absolute Gasteiger partial charge is 0.236 e. The zero-order valence-electron chi connectivity index (χ0n) is 10.1. The first kappa shape index (κ1) is 13.0. The fourth-order valence-corrected chi connectivity index (χ4v) is 2.81. The number of carbonyl (C=O) groups excluding carboxylic acids is 2. The van der Waals surface area contributed by atoms with Crippen LogP contribution in [-0.2, 0) is 22.4 Å². The summed E-state index contributed by atoms with van der Waals surface area (Å²) in [6.07, 6.45) is 3.53. The highest BCUT2D eigenvalue weighted by atomic mass is 32.2. The van der Waals surface area contributed by atoms with Crippen LogP contribution in [0, 0.1) is 0 Å². The standard InChI is InChI=1S/C13H16N2O2S/c14-12(16)7-15-13(17)8-18-11-5-4-9-2-1-3-10(9)6-11/h4-6H,1-3,7-8H2,(H2,14,16)(H,15,17). The van der Waals surface area contributed by atoms with Gasteiger partial charge in [-0.05, 0) is 42.5 Å². The van der Waals surface area contributed by atoms with Gasteiger partial charge in [0.15, 0.2) is 0 Å². The van der Waals surface area contributed by atoms with Gasteiger partial charge in [-0.25, -0.2) is 0 Å². The minimum Gasteiger partial charge on any atom is -0.368 e. The van der Waals surface area contributed by atoms with Gasteiger partial charge in [0.1, 0.15) is 0 Å². The third-order valence-electron chi connectivity index (χ3n) is 2.90. The van der Waals surface area contributed by atoms with Crippen molar-refractivity contribution in [2.75, 3.05) is 12.3 Å². The van der Waals surface area contributed by atoms with Gasteiger partial charge in [0.25, 0.3) is 0 Å². The molecule has 96 valence electrons. The molecule has 0 saturated carbocycles. The number of amides is 2. The molecule has 2 amide bonds. The minimum absolute atomic E-state index is 0.0937. The summed E-state index contributed by atoms with van der Waals surface area (Å²) in [5.41, 5.74) is 7.78. The van der Waals surface area contributed by atoms with E-state index < -0.39 is 5.91 Å². The number of hydrogen-bond acceptors (Lipinski definition) is 3. The molecule has 0 saturated heterocycles. The Kier molecular flexibility index (Phi) is 4.25. The number of primary amides is 1. The molecule has 0 spiro atoms. The van der Waals surface area contributed by atoms with Crippen molar-refractivity contribution < 1.29 is 9.59 Å². The Morgan fingerprint density at radius 2 is 2.06 bits per heavy atom. The van der Waals surface area contributed by atoms with E-state index in [1.807, 2.05) is 0 Å². The maximum atomic E-state index is 11.4. The number of hydrogen-bond donors (Lipinski definition) is 2.